The fourth-order valence-electron chi connectivity index (χ4n) is 2.47. The van der Waals surface area contributed by atoms with E-state index in [0.717, 1.165) is 0 Å². The zero-order valence-electron chi connectivity index (χ0n) is 13.4. The third-order valence-corrected chi connectivity index (χ3v) is 3.98. The molecule has 2 aromatic heterocycles. The molecule has 0 fully saturated rings. The van der Waals surface area contributed by atoms with Crippen LogP contribution in [0.1, 0.15) is 0 Å². The van der Waals surface area contributed by atoms with E-state index in [2.05, 4.69) is 20.6 Å². The predicted octanol–water partition coefficient (Wildman–Crippen LogP) is 5.19. The zero-order chi connectivity index (χ0) is 17.9. The van der Waals surface area contributed by atoms with E-state index in [4.69, 9.17) is 16.0 Å². The molecule has 4 aromatic rings. The maximum atomic E-state index is 12.2. The first-order valence-corrected chi connectivity index (χ1v) is 8.21. The maximum Gasteiger partial charge on any atom is 0.323 e. The van der Waals surface area contributed by atoms with E-state index in [1.807, 2.05) is 18.2 Å². The van der Waals surface area contributed by atoms with Gasteiger partial charge in [0.1, 0.15) is 0 Å². The zero-order valence-corrected chi connectivity index (χ0v) is 14.2. The summed E-state index contributed by atoms with van der Waals surface area (Å²) in [6.45, 7) is 0. The van der Waals surface area contributed by atoms with Crippen LogP contribution in [0.5, 0.6) is 0 Å². The van der Waals surface area contributed by atoms with Gasteiger partial charge in [0.15, 0.2) is 11.2 Å². The van der Waals surface area contributed by atoms with Gasteiger partial charge in [-0.25, -0.2) is 9.78 Å². The smallest absolute Gasteiger partial charge is 0.323 e. The lowest BCUT2D eigenvalue weighted by molar-refractivity contribution is 0.262. The molecule has 0 aliphatic heterocycles. The standard InChI is InChI=1S/C19H13ClN4O2/c20-15-9-8-13(23-19(25)22-12-5-2-1-3-6-12)11-14(15)18-24-17-16(26-18)7-4-10-21-17/h1-11H,(H2,22,23,25). The normalized spacial score (nSPS) is 10.7. The third-order valence-electron chi connectivity index (χ3n) is 3.65. The number of benzene rings is 2. The number of carbonyl (C=O) groups is 1. The Morgan fingerprint density at radius 3 is 2.58 bits per heavy atom. The Hall–Kier alpha value is -3.38. The number of carbonyl (C=O) groups excluding carboxylic acids is 1. The average molecular weight is 365 g/mol. The number of nitrogens with zero attached hydrogens (tertiary/aromatic N) is 2. The van der Waals surface area contributed by atoms with E-state index in [0.29, 0.717) is 39.1 Å². The number of para-hydroxylation sites is 1. The minimum absolute atomic E-state index is 0.343. The van der Waals surface area contributed by atoms with Crippen LogP contribution in [0.15, 0.2) is 71.3 Å². The lowest BCUT2D eigenvalue weighted by Crippen LogP contribution is -2.19. The highest BCUT2D eigenvalue weighted by molar-refractivity contribution is 6.33. The number of hydrogen-bond donors (Lipinski definition) is 2. The van der Waals surface area contributed by atoms with E-state index in [9.17, 15) is 4.79 Å². The molecule has 128 valence electrons. The van der Waals surface area contributed by atoms with E-state index < -0.39 is 0 Å². The molecule has 0 aliphatic rings. The van der Waals surface area contributed by atoms with Crippen molar-refractivity contribution in [1.82, 2.24) is 9.97 Å². The molecule has 6 nitrogen and oxygen atoms in total. The van der Waals surface area contributed by atoms with Gasteiger partial charge in [0.05, 0.1) is 10.6 Å². The van der Waals surface area contributed by atoms with Crippen LogP contribution in [0.2, 0.25) is 5.02 Å². The van der Waals surface area contributed by atoms with Gasteiger partial charge in [-0.05, 0) is 42.5 Å². The number of fused-ring (bicyclic) bond motifs is 1. The van der Waals surface area contributed by atoms with Gasteiger partial charge in [0.25, 0.3) is 0 Å². The van der Waals surface area contributed by atoms with Crippen LogP contribution in [0, 0.1) is 0 Å². The van der Waals surface area contributed by atoms with Gasteiger partial charge >= 0.3 is 6.03 Å². The van der Waals surface area contributed by atoms with Crippen molar-refractivity contribution in [2.24, 2.45) is 0 Å². The molecule has 4 rings (SSSR count). The van der Waals surface area contributed by atoms with Crippen molar-refractivity contribution in [1.29, 1.82) is 0 Å². The van der Waals surface area contributed by atoms with Crippen molar-refractivity contribution in [2.45, 2.75) is 0 Å². The van der Waals surface area contributed by atoms with Gasteiger partial charge in [0, 0.05) is 17.6 Å². The quantitative estimate of drug-likeness (QED) is 0.524. The lowest BCUT2D eigenvalue weighted by atomic mass is 10.2. The summed E-state index contributed by atoms with van der Waals surface area (Å²) in [7, 11) is 0. The highest BCUT2D eigenvalue weighted by atomic mass is 35.5. The van der Waals surface area contributed by atoms with Crippen molar-refractivity contribution in [3.8, 4) is 11.5 Å². The van der Waals surface area contributed by atoms with Crippen molar-refractivity contribution in [3.63, 3.8) is 0 Å². The molecule has 0 atom stereocenters. The molecule has 0 aliphatic carbocycles. The molecule has 0 radical (unpaired) electrons. The molecule has 2 amide bonds. The minimum Gasteiger partial charge on any atom is -0.434 e. The second-order valence-corrected chi connectivity index (χ2v) is 5.89. The Balaban J connectivity index is 1.59. The number of hydrogen-bond acceptors (Lipinski definition) is 4. The first-order valence-electron chi connectivity index (χ1n) is 7.83. The lowest BCUT2D eigenvalue weighted by Gasteiger charge is -2.09. The Morgan fingerprint density at radius 1 is 0.962 bits per heavy atom. The minimum atomic E-state index is -0.358. The van der Waals surface area contributed by atoms with Crippen LogP contribution in [-0.4, -0.2) is 16.0 Å². The molecule has 0 spiro atoms. The van der Waals surface area contributed by atoms with Crippen LogP contribution in [0.3, 0.4) is 0 Å². The summed E-state index contributed by atoms with van der Waals surface area (Å²) in [6, 6.07) is 17.5. The largest absolute Gasteiger partial charge is 0.434 e. The number of aromatic nitrogens is 2. The predicted molar refractivity (Wildman–Crippen MR) is 101 cm³/mol. The first kappa shape index (κ1) is 16.1. The molecule has 0 saturated carbocycles. The van der Waals surface area contributed by atoms with Crippen molar-refractivity contribution in [3.05, 3.63) is 71.9 Å². The molecule has 7 heteroatoms. The monoisotopic (exact) mass is 364 g/mol. The molecule has 0 unspecified atom stereocenters. The first-order chi connectivity index (χ1) is 12.7. The Morgan fingerprint density at radius 2 is 1.77 bits per heavy atom. The van der Waals surface area contributed by atoms with E-state index >= 15 is 0 Å². The molecule has 0 saturated heterocycles. The number of urea groups is 1. The van der Waals surface area contributed by atoms with Gasteiger partial charge in [-0.15, -0.1) is 0 Å². The van der Waals surface area contributed by atoms with Crippen LogP contribution < -0.4 is 10.6 Å². The van der Waals surface area contributed by atoms with Gasteiger partial charge in [0.2, 0.25) is 5.89 Å². The van der Waals surface area contributed by atoms with Gasteiger partial charge in [-0.1, -0.05) is 29.8 Å². The topological polar surface area (TPSA) is 80.0 Å². The number of anilines is 2. The summed E-state index contributed by atoms with van der Waals surface area (Å²) in [6.07, 6.45) is 1.64. The molecular weight excluding hydrogens is 352 g/mol. The SMILES string of the molecule is O=C(Nc1ccccc1)Nc1ccc(Cl)c(-c2nc3ncccc3o2)c1. The molecule has 0 bridgehead atoms. The van der Waals surface area contributed by atoms with Crippen molar-refractivity contribution in [2.75, 3.05) is 10.6 Å². The molecular formula is C19H13ClN4O2. The molecule has 2 aromatic carbocycles. The highest BCUT2D eigenvalue weighted by Gasteiger charge is 2.14. The highest BCUT2D eigenvalue weighted by Crippen LogP contribution is 2.31. The fraction of sp³-hybridized carbons (Fsp3) is 0. The number of oxazole rings is 1. The Bertz CT molecular complexity index is 1050. The van der Waals surface area contributed by atoms with E-state index in [-0.39, 0.29) is 6.03 Å². The van der Waals surface area contributed by atoms with Crippen LogP contribution in [-0.2, 0) is 0 Å². The Labute approximate surface area is 153 Å². The number of pyridine rings is 1. The van der Waals surface area contributed by atoms with Crippen LogP contribution in [0.4, 0.5) is 16.2 Å². The number of rotatable bonds is 3. The molecule has 2 heterocycles. The summed E-state index contributed by atoms with van der Waals surface area (Å²) >= 11 is 6.28. The second kappa shape index (κ2) is 6.85. The molecule has 2 N–H and O–H groups in total. The maximum absolute atomic E-state index is 12.2. The number of halogens is 1. The van der Waals surface area contributed by atoms with Gasteiger partial charge in [-0.3, -0.25) is 0 Å². The average Bonchev–Trinajstić information content (AvgIpc) is 3.08. The van der Waals surface area contributed by atoms with Crippen LogP contribution in [0.25, 0.3) is 22.7 Å². The van der Waals surface area contributed by atoms with E-state index in [1.54, 1.807) is 48.7 Å². The third kappa shape index (κ3) is 3.36. The summed E-state index contributed by atoms with van der Waals surface area (Å²) in [5, 5.41) is 5.98. The van der Waals surface area contributed by atoms with E-state index in [1.165, 1.54) is 0 Å². The summed E-state index contributed by atoms with van der Waals surface area (Å²) in [4.78, 5) is 20.6. The summed E-state index contributed by atoms with van der Waals surface area (Å²) in [5.74, 6) is 0.343. The van der Waals surface area contributed by atoms with Crippen molar-refractivity contribution >= 4 is 40.2 Å². The van der Waals surface area contributed by atoms with Crippen molar-refractivity contribution < 1.29 is 9.21 Å². The number of nitrogens with one attached hydrogen (secondary N) is 2. The molecule has 26 heavy (non-hydrogen) atoms. The Kier molecular flexibility index (Phi) is 4.25. The van der Waals surface area contributed by atoms with Crippen LogP contribution >= 0.6 is 11.6 Å². The summed E-state index contributed by atoms with van der Waals surface area (Å²) < 4.78 is 5.70. The van der Waals surface area contributed by atoms with Gasteiger partial charge < -0.3 is 15.1 Å². The fourth-order valence-corrected chi connectivity index (χ4v) is 2.66. The summed E-state index contributed by atoms with van der Waals surface area (Å²) in [5.41, 5.74) is 2.90. The number of amides is 2. The van der Waals surface area contributed by atoms with Gasteiger partial charge in [-0.2, -0.15) is 4.98 Å². The second-order valence-electron chi connectivity index (χ2n) is 5.48.